The largest absolute Gasteiger partial charge is 0.487 e. The van der Waals surface area contributed by atoms with Gasteiger partial charge in [0.1, 0.15) is 24.3 Å². The maximum absolute atomic E-state index is 14.7. The number of nitrogens with zero attached hydrogens (tertiary/aromatic N) is 3. The first kappa shape index (κ1) is 23.7. The Morgan fingerprint density at radius 2 is 2.09 bits per heavy atom. The van der Waals surface area contributed by atoms with Crippen molar-refractivity contribution in [3.8, 4) is 17.0 Å². The Hall–Kier alpha value is -3.41. The second-order valence-electron chi connectivity index (χ2n) is 7.09. The number of nitrogens with one attached hydrogen (secondary N) is 2. The Labute approximate surface area is 201 Å². The lowest BCUT2D eigenvalue weighted by atomic mass is 10.1. The number of anilines is 1. The average Bonchev–Trinajstić information content (AvgIpc) is 2.98. The predicted octanol–water partition coefficient (Wildman–Crippen LogP) is 2.83. The third-order valence-corrected chi connectivity index (χ3v) is 5.46. The molecule has 1 atom stereocenters. The van der Waals surface area contributed by atoms with Gasteiger partial charge in [0.25, 0.3) is 11.8 Å². The van der Waals surface area contributed by atoms with E-state index in [4.69, 9.17) is 27.9 Å². The van der Waals surface area contributed by atoms with Gasteiger partial charge in [-0.2, -0.15) is 0 Å². The van der Waals surface area contributed by atoms with Crippen LogP contribution in [-0.4, -0.2) is 44.5 Å². The topological polar surface area (TPSA) is 126 Å². The number of fused-ring (bicyclic) bond motifs is 1. The minimum absolute atomic E-state index is 0.113. The highest BCUT2D eigenvalue weighted by atomic mass is 35.5. The summed E-state index contributed by atoms with van der Waals surface area (Å²) in [6.45, 7) is -1.10. The number of aliphatic hydroxyl groups excluding tert-OH is 1. The molecule has 0 aliphatic carbocycles. The molecule has 1 aliphatic rings. The Morgan fingerprint density at radius 3 is 2.82 bits per heavy atom. The third-order valence-electron chi connectivity index (χ3n) is 4.88. The summed E-state index contributed by atoms with van der Waals surface area (Å²) in [5.74, 6) is -3.25. The Balaban J connectivity index is 1.57. The van der Waals surface area contributed by atoms with Crippen LogP contribution in [0.1, 0.15) is 21.7 Å². The summed E-state index contributed by atoms with van der Waals surface area (Å²) in [5.41, 5.74) is -0.326. The number of halogens is 4. The van der Waals surface area contributed by atoms with Gasteiger partial charge in [-0.05, 0) is 23.8 Å². The molecule has 1 aromatic carbocycles. The Bertz CT molecular complexity index is 1290. The van der Waals surface area contributed by atoms with Crippen LogP contribution in [0.3, 0.4) is 0 Å². The molecule has 0 spiro atoms. The van der Waals surface area contributed by atoms with Crippen molar-refractivity contribution in [1.29, 1.82) is 0 Å². The van der Waals surface area contributed by atoms with E-state index >= 15 is 0 Å². The van der Waals surface area contributed by atoms with Gasteiger partial charge in [-0.3, -0.25) is 9.59 Å². The Morgan fingerprint density at radius 1 is 1.29 bits per heavy atom. The highest BCUT2D eigenvalue weighted by Crippen LogP contribution is 2.30. The second-order valence-corrected chi connectivity index (χ2v) is 7.76. The fraction of sp³-hybridized carbons (Fsp3) is 0.190. The molecule has 0 bridgehead atoms. The number of rotatable bonds is 5. The van der Waals surface area contributed by atoms with Crippen molar-refractivity contribution in [3.05, 3.63) is 64.2 Å². The first-order valence-corrected chi connectivity index (χ1v) is 10.6. The maximum Gasteiger partial charge on any atom is 0.289 e. The molecule has 3 heterocycles. The van der Waals surface area contributed by atoms with Crippen molar-refractivity contribution in [2.45, 2.75) is 18.5 Å². The van der Waals surface area contributed by atoms with E-state index in [2.05, 4.69) is 25.6 Å². The van der Waals surface area contributed by atoms with Crippen LogP contribution in [-0.2, 0) is 17.3 Å². The number of hydrogen-bond donors (Lipinski definition) is 3. The summed E-state index contributed by atoms with van der Waals surface area (Å²) < 4.78 is 34.0. The molecule has 3 N–H and O–H groups in total. The molecule has 2 amide bonds. The lowest BCUT2D eigenvalue weighted by Gasteiger charge is -2.15. The molecule has 0 saturated carbocycles. The number of alkyl halides is 1. The standard InChI is InChI=1S/C21H15Cl2F2N5O4/c22-4-9-3-15-18(26-5-9)30-20(32)14(8-34-15)28-21(33)19-27-6-12(23)17(29-19)10-1-2-13(24)11(7-31)16(10)25/h1-3,5-6,14,31H,4,7-8H2,(H,28,33)(H,26,30,32)/t14-/m0/s1. The summed E-state index contributed by atoms with van der Waals surface area (Å²) in [5, 5.41) is 14.1. The average molecular weight is 510 g/mol. The number of aliphatic hydroxyl groups is 1. The van der Waals surface area contributed by atoms with Crippen LogP contribution in [0.2, 0.25) is 5.02 Å². The first-order chi connectivity index (χ1) is 16.3. The number of aromatic nitrogens is 3. The first-order valence-electron chi connectivity index (χ1n) is 9.72. The zero-order valence-electron chi connectivity index (χ0n) is 17.1. The van der Waals surface area contributed by atoms with Gasteiger partial charge >= 0.3 is 0 Å². The van der Waals surface area contributed by atoms with Crippen molar-refractivity contribution >= 4 is 40.8 Å². The molecule has 0 unspecified atom stereocenters. The number of hydrogen-bond acceptors (Lipinski definition) is 7. The number of pyridine rings is 1. The Kier molecular flexibility index (Phi) is 6.87. The van der Waals surface area contributed by atoms with Gasteiger partial charge in [0, 0.05) is 23.2 Å². The fourth-order valence-corrected chi connectivity index (χ4v) is 3.47. The van der Waals surface area contributed by atoms with Gasteiger partial charge in [-0.25, -0.2) is 23.7 Å². The molecule has 9 nitrogen and oxygen atoms in total. The van der Waals surface area contributed by atoms with Crippen molar-refractivity contribution in [2.75, 3.05) is 11.9 Å². The summed E-state index contributed by atoms with van der Waals surface area (Å²) in [6, 6.07) is 2.50. The molecule has 1 aliphatic heterocycles. The van der Waals surface area contributed by atoms with E-state index in [-0.39, 0.29) is 34.6 Å². The van der Waals surface area contributed by atoms with Gasteiger partial charge in [0.05, 0.1) is 23.5 Å². The number of amides is 2. The van der Waals surface area contributed by atoms with Crippen LogP contribution in [0, 0.1) is 11.6 Å². The van der Waals surface area contributed by atoms with Crippen LogP contribution >= 0.6 is 23.2 Å². The van der Waals surface area contributed by atoms with E-state index in [1.54, 1.807) is 6.07 Å². The predicted molar refractivity (Wildman–Crippen MR) is 117 cm³/mol. The van der Waals surface area contributed by atoms with Crippen LogP contribution in [0.5, 0.6) is 5.75 Å². The molecule has 4 rings (SSSR count). The molecular formula is C21H15Cl2F2N5O4. The number of ether oxygens (including phenoxy) is 1. The van der Waals surface area contributed by atoms with Gasteiger partial charge in [-0.1, -0.05) is 11.6 Å². The van der Waals surface area contributed by atoms with Crippen molar-refractivity contribution in [1.82, 2.24) is 20.3 Å². The van der Waals surface area contributed by atoms with Crippen molar-refractivity contribution in [3.63, 3.8) is 0 Å². The SMILES string of the molecule is O=C(N[C@H]1COc2cc(CCl)cnc2NC1=O)c1ncc(Cl)c(-c2ccc(F)c(CO)c2F)n1. The summed E-state index contributed by atoms with van der Waals surface area (Å²) in [7, 11) is 0. The van der Waals surface area contributed by atoms with Gasteiger partial charge in [0.2, 0.25) is 5.82 Å². The summed E-state index contributed by atoms with van der Waals surface area (Å²) in [4.78, 5) is 37.2. The summed E-state index contributed by atoms with van der Waals surface area (Å²) in [6.07, 6.45) is 2.55. The monoisotopic (exact) mass is 509 g/mol. The molecule has 0 radical (unpaired) electrons. The molecule has 0 fully saturated rings. The molecule has 3 aromatic rings. The van der Waals surface area contributed by atoms with Crippen LogP contribution in [0.25, 0.3) is 11.3 Å². The van der Waals surface area contributed by atoms with E-state index in [1.165, 1.54) is 6.20 Å². The highest BCUT2D eigenvalue weighted by Gasteiger charge is 2.29. The zero-order chi connectivity index (χ0) is 24.4. The van der Waals surface area contributed by atoms with Gasteiger partial charge in [0.15, 0.2) is 11.6 Å². The normalized spacial score (nSPS) is 15.1. The number of carbonyl (C=O) groups is 2. The van der Waals surface area contributed by atoms with E-state index < -0.39 is 47.5 Å². The minimum atomic E-state index is -1.13. The van der Waals surface area contributed by atoms with Crippen molar-refractivity contribution in [2.24, 2.45) is 0 Å². The van der Waals surface area contributed by atoms with Crippen LogP contribution in [0.15, 0.2) is 30.6 Å². The van der Waals surface area contributed by atoms with E-state index in [0.29, 0.717) is 11.3 Å². The molecule has 0 saturated heterocycles. The van der Waals surface area contributed by atoms with Crippen LogP contribution in [0.4, 0.5) is 14.6 Å². The van der Waals surface area contributed by atoms with Gasteiger partial charge in [-0.15, -0.1) is 11.6 Å². The maximum atomic E-state index is 14.7. The minimum Gasteiger partial charge on any atom is -0.487 e. The molecule has 13 heteroatoms. The summed E-state index contributed by atoms with van der Waals surface area (Å²) >= 11 is 11.9. The quantitative estimate of drug-likeness (QED) is 0.451. The van der Waals surface area contributed by atoms with Gasteiger partial charge < -0.3 is 20.5 Å². The zero-order valence-corrected chi connectivity index (χ0v) is 18.6. The van der Waals surface area contributed by atoms with E-state index in [0.717, 1.165) is 18.3 Å². The third kappa shape index (κ3) is 4.63. The fourth-order valence-electron chi connectivity index (χ4n) is 3.14. The molecular weight excluding hydrogens is 495 g/mol. The number of carbonyl (C=O) groups excluding carboxylic acids is 2. The lowest BCUT2D eigenvalue weighted by Crippen LogP contribution is -2.46. The molecule has 176 valence electrons. The lowest BCUT2D eigenvalue weighted by molar-refractivity contribution is -0.118. The van der Waals surface area contributed by atoms with E-state index in [9.17, 15) is 23.5 Å². The second kappa shape index (κ2) is 9.84. The van der Waals surface area contributed by atoms with Crippen LogP contribution < -0.4 is 15.4 Å². The molecule has 2 aromatic heterocycles. The molecule has 34 heavy (non-hydrogen) atoms. The number of benzene rings is 1. The smallest absolute Gasteiger partial charge is 0.289 e. The highest BCUT2D eigenvalue weighted by molar-refractivity contribution is 6.33. The van der Waals surface area contributed by atoms with Crippen molar-refractivity contribution < 1.29 is 28.2 Å². The van der Waals surface area contributed by atoms with E-state index in [1.807, 2.05) is 0 Å².